The smallest absolute Gasteiger partial charge is 0.271 e. The first kappa shape index (κ1) is 17.9. The van der Waals surface area contributed by atoms with Crippen molar-refractivity contribution in [1.29, 1.82) is 0 Å². The van der Waals surface area contributed by atoms with Crippen LogP contribution < -0.4 is 5.32 Å². The number of benzene rings is 1. The fourth-order valence-electron chi connectivity index (χ4n) is 3.78. The van der Waals surface area contributed by atoms with Gasteiger partial charge in [0.2, 0.25) is 0 Å². The minimum atomic E-state index is -0.160. The SMILES string of the molecule is O=C(NC1CCCc2c1cnn2Cc1ccccc1)c1csc(-c2ccco2)n1. The largest absolute Gasteiger partial charge is 0.462 e. The third-order valence-corrected chi connectivity index (χ3v) is 6.07. The maximum Gasteiger partial charge on any atom is 0.271 e. The molecule has 1 unspecified atom stereocenters. The highest BCUT2D eigenvalue weighted by molar-refractivity contribution is 7.13. The van der Waals surface area contributed by atoms with Crippen LogP contribution in [0.2, 0.25) is 0 Å². The van der Waals surface area contributed by atoms with E-state index in [2.05, 4.69) is 32.2 Å². The fraction of sp³-hybridized carbons (Fsp3) is 0.227. The molecule has 6 nitrogen and oxygen atoms in total. The zero-order valence-electron chi connectivity index (χ0n) is 15.7. The van der Waals surface area contributed by atoms with E-state index in [0.29, 0.717) is 16.5 Å². The third-order valence-electron chi connectivity index (χ3n) is 5.21. The molecule has 1 N–H and O–H groups in total. The first-order valence-corrected chi connectivity index (χ1v) is 10.5. The Morgan fingerprint density at radius 1 is 1.24 bits per heavy atom. The second-order valence-electron chi connectivity index (χ2n) is 7.12. The highest BCUT2D eigenvalue weighted by Crippen LogP contribution is 2.31. The highest BCUT2D eigenvalue weighted by Gasteiger charge is 2.26. The summed E-state index contributed by atoms with van der Waals surface area (Å²) >= 11 is 1.41. The van der Waals surface area contributed by atoms with Crippen LogP contribution in [0.25, 0.3) is 10.8 Å². The zero-order chi connectivity index (χ0) is 19.6. The molecular weight excluding hydrogens is 384 g/mol. The lowest BCUT2D eigenvalue weighted by Crippen LogP contribution is -2.31. The van der Waals surface area contributed by atoms with E-state index in [1.54, 1.807) is 11.6 Å². The van der Waals surface area contributed by atoms with Crippen molar-refractivity contribution in [3.05, 3.63) is 82.8 Å². The van der Waals surface area contributed by atoms with Crippen LogP contribution in [0.4, 0.5) is 0 Å². The fourth-order valence-corrected chi connectivity index (χ4v) is 4.55. The van der Waals surface area contributed by atoms with Gasteiger partial charge in [0.05, 0.1) is 25.0 Å². The Kier molecular flexibility index (Phi) is 4.73. The molecule has 1 aromatic carbocycles. The Balaban J connectivity index is 1.33. The zero-order valence-corrected chi connectivity index (χ0v) is 16.6. The topological polar surface area (TPSA) is 73.0 Å². The first-order valence-electron chi connectivity index (χ1n) is 9.67. The van der Waals surface area contributed by atoms with Crippen LogP contribution in [0.1, 0.15) is 46.2 Å². The molecule has 3 heterocycles. The quantitative estimate of drug-likeness (QED) is 0.533. The van der Waals surface area contributed by atoms with Crippen LogP contribution >= 0.6 is 11.3 Å². The van der Waals surface area contributed by atoms with E-state index in [9.17, 15) is 4.79 Å². The Bertz CT molecular complexity index is 1120. The summed E-state index contributed by atoms with van der Waals surface area (Å²) < 4.78 is 7.42. The number of nitrogens with one attached hydrogen (secondary N) is 1. The highest BCUT2D eigenvalue weighted by atomic mass is 32.1. The number of furan rings is 1. The van der Waals surface area contributed by atoms with Gasteiger partial charge in [-0.3, -0.25) is 9.48 Å². The van der Waals surface area contributed by atoms with Gasteiger partial charge in [0.1, 0.15) is 5.69 Å². The average Bonchev–Trinajstić information content (AvgIpc) is 3.50. The Labute approximate surface area is 172 Å². The summed E-state index contributed by atoms with van der Waals surface area (Å²) in [5.74, 6) is 0.518. The number of amides is 1. The van der Waals surface area contributed by atoms with Crippen molar-refractivity contribution in [1.82, 2.24) is 20.1 Å². The van der Waals surface area contributed by atoms with Gasteiger partial charge in [-0.15, -0.1) is 11.3 Å². The minimum absolute atomic E-state index is 0.0375. The van der Waals surface area contributed by atoms with E-state index < -0.39 is 0 Å². The maximum absolute atomic E-state index is 12.8. The lowest BCUT2D eigenvalue weighted by molar-refractivity contribution is 0.0928. The van der Waals surface area contributed by atoms with Gasteiger partial charge in [0.25, 0.3) is 5.91 Å². The van der Waals surface area contributed by atoms with Crippen molar-refractivity contribution in [2.24, 2.45) is 0 Å². The van der Waals surface area contributed by atoms with Gasteiger partial charge >= 0.3 is 0 Å². The van der Waals surface area contributed by atoms with Gasteiger partial charge < -0.3 is 9.73 Å². The Morgan fingerprint density at radius 3 is 2.97 bits per heavy atom. The van der Waals surface area contributed by atoms with Crippen LogP contribution in [0, 0.1) is 0 Å². The lowest BCUT2D eigenvalue weighted by atomic mass is 9.93. The molecule has 1 amide bonds. The van der Waals surface area contributed by atoms with Crippen LogP contribution in [0.3, 0.4) is 0 Å². The second kappa shape index (κ2) is 7.67. The molecule has 0 fully saturated rings. The number of aromatic nitrogens is 3. The molecule has 0 bridgehead atoms. The van der Waals surface area contributed by atoms with Crippen LogP contribution in [-0.4, -0.2) is 20.7 Å². The molecule has 7 heteroatoms. The van der Waals surface area contributed by atoms with Crippen LogP contribution in [-0.2, 0) is 13.0 Å². The first-order chi connectivity index (χ1) is 14.3. The van der Waals surface area contributed by atoms with Crippen molar-refractivity contribution in [3.63, 3.8) is 0 Å². The Morgan fingerprint density at radius 2 is 2.14 bits per heavy atom. The standard InChI is InChI=1S/C22H20N4O2S/c27-21(18-14-29-22(25-18)20-10-5-11-28-20)24-17-8-4-9-19-16(17)12-23-26(19)13-15-6-2-1-3-7-15/h1-3,5-7,10-12,14,17H,4,8-9,13H2,(H,24,27). The normalized spacial score (nSPS) is 15.8. The molecule has 146 valence electrons. The number of thiazole rings is 1. The van der Waals surface area contributed by atoms with Crippen molar-refractivity contribution in [3.8, 4) is 10.8 Å². The number of rotatable bonds is 5. The van der Waals surface area contributed by atoms with E-state index >= 15 is 0 Å². The molecule has 0 radical (unpaired) electrons. The van der Waals surface area contributed by atoms with Crippen LogP contribution in [0.15, 0.2) is 64.7 Å². The van der Waals surface area contributed by atoms with Gasteiger partial charge in [-0.1, -0.05) is 30.3 Å². The summed E-state index contributed by atoms with van der Waals surface area (Å²) in [7, 11) is 0. The number of hydrogen-bond acceptors (Lipinski definition) is 5. The summed E-state index contributed by atoms with van der Waals surface area (Å²) in [5.41, 5.74) is 3.96. The molecule has 1 aliphatic carbocycles. The molecule has 0 saturated heterocycles. The van der Waals surface area contributed by atoms with Crippen molar-refractivity contribution < 1.29 is 9.21 Å². The van der Waals surface area contributed by atoms with Crippen molar-refractivity contribution >= 4 is 17.2 Å². The summed E-state index contributed by atoms with van der Waals surface area (Å²) in [6, 6.07) is 13.9. The molecule has 3 aromatic heterocycles. The molecule has 1 atom stereocenters. The molecule has 29 heavy (non-hydrogen) atoms. The summed E-state index contributed by atoms with van der Waals surface area (Å²) in [5, 5.41) is 10.2. The number of fused-ring (bicyclic) bond motifs is 1. The van der Waals surface area contributed by atoms with E-state index in [0.717, 1.165) is 31.4 Å². The minimum Gasteiger partial charge on any atom is -0.462 e. The molecule has 1 aliphatic rings. The van der Waals surface area contributed by atoms with Gasteiger partial charge in [0, 0.05) is 16.6 Å². The lowest BCUT2D eigenvalue weighted by Gasteiger charge is -2.24. The average molecular weight is 404 g/mol. The van der Waals surface area contributed by atoms with E-state index in [4.69, 9.17) is 4.42 Å². The third kappa shape index (κ3) is 3.61. The maximum atomic E-state index is 12.8. The van der Waals surface area contributed by atoms with Crippen molar-refractivity contribution in [2.75, 3.05) is 0 Å². The predicted octanol–water partition coefficient (Wildman–Crippen LogP) is 4.46. The molecular formula is C22H20N4O2S. The van der Waals surface area contributed by atoms with Gasteiger partial charge in [-0.25, -0.2) is 4.98 Å². The van der Waals surface area contributed by atoms with Gasteiger partial charge in [0.15, 0.2) is 10.8 Å². The van der Waals surface area contributed by atoms with E-state index in [1.165, 1.54) is 22.6 Å². The monoisotopic (exact) mass is 404 g/mol. The van der Waals surface area contributed by atoms with Gasteiger partial charge in [-0.05, 0) is 37.0 Å². The van der Waals surface area contributed by atoms with Gasteiger partial charge in [-0.2, -0.15) is 5.10 Å². The van der Waals surface area contributed by atoms with E-state index in [1.807, 2.05) is 36.5 Å². The van der Waals surface area contributed by atoms with Crippen molar-refractivity contribution in [2.45, 2.75) is 31.8 Å². The molecule has 4 aromatic rings. The van der Waals surface area contributed by atoms with Crippen LogP contribution in [0.5, 0.6) is 0 Å². The molecule has 0 aliphatic heterocycles. The molecule has 0 saturated carbocycles. The molecule has 0 spiro atoms. The predicted molar refractivity (Wildman–Crippen MR) is 111 cm³/mol. The summed E-state index contributed by atoms with van der Waals surface area (Å²) in [6.07, 6.45) is 6.41. The number of carbonyl (C=O) groups excluding carboxylic acids is 1. The molecule has 5 rings (SSSR count). The number of hydrogen-bond donors (Lipinski definition) is 1. The summed E-state index contributed by atoms with van der Waals surface area (Å²) in [6.45, 7) is 0.745. The number of nitrogens with zero attached hydrogens (tertiary/aromatic N) is 3. The number of carbonyl (C=O) groups is 1. The Hall–Kier alpha value is -3.19. The second-order valence-corrected chi connectivity index (χ2v) is 7.98. The summed E-state index contributed by atoms with van der Waals surface area (Å²) in [4.78, 5) is 17.2. The van der Waals surface area contributed by atoms with E-state index in [-0.39, 0.29) is 11.9 Å².